The van der Waals surface area contributed by atoms with E-state index in [9.17, 15) is 18.8 Å². The number of rotatable bonds is 8. The minimum atomic E-state index is -0.989. The number of hydrogen-bond acceptors (Lipinski definition) is 5. The molecule has 0 aliphatic heterocycles. The van der Waals surface area contributed by atoms with E-state index in [2.05, 4.69) is 21.2 Å². The van der Waals surface area contributed by atoms with Crippen LogP contribution in [0.4, 0.5) is 15.8 Å². The Balaban J connectivity index is 1.48. The number of ether oxygens (including phenoxy) is 1. The van der Waals surface area contributed by atoms with Crippen molar-refractivity contribution in [1.82, 2.24) is 5.43 Å². The summed E-state index contributed by atoms with van der Waals surface area (Å²) in [4.78, 5) is 36.0. The molecule has 0 unspecified atom stereocenters. The van der Waals surface area contributed by atoms with Crippen molar-refractivity contribution in [2.24, 2.45) is 5.10 Å². The van der Waals surface area contributed by atoms with Gasteiger partial charge in [-0.25, -0.2) is 9.82 Å². The van der Waals surface area contributed by atoms with Gasteiger partial charge in [0, 0.05) is 11.4 Å². The van der Waals surface area contributed by atoms with Crippen LogP contribution < -0.4 is 20.8 Å². The SMILES string of the molecule is CCc1ccccc1NC(=O)COc1cccc(/C=N\NC(=O)C(=O)Nc2ccc(F)cc2)c1. The molecule has 34 heavy (non-hydrogen) atoms. The molecule has 0 radical (unpaired) electrons. The van der Waals surface area contributed by atoms with Gasteiger partial charge in [-0.05, 0) is 60.0 Å². The Morgan fingerprint density at radius 2 is 1.71 bits per heavy atom. The summed E-state index contributed by atoms with van der Waals surface area (Å²) in [6.07, 6.45) is 2.12. The van der Waals surface area contributed by atoms with Crippen LogP contribution in [-0.4, -0.2) is 30.5 Å². The largest absolute Gasteiger partial charge is 0.484 e. The summed E-state index contributed by atoms with van der Waals surface area (Å²) in [6.45, 7) is 1.83. The summed E-state index contributed by atoms with van der Waals surface area (Å²) in [5.41, 5.74) is 4.74. The normalized spacial score (nSPS) is 10.5. The molecule has 0 spiro atoms. The molecule has 3 aromatic carbocycles. The molecule has 9 heteroatoms. The highest BCUT2D eigenvalue weighted by Crippen LogP contribution is 2.16. The monoisotopic (exact) mass is 462 g/mol. The van der Waals surface area contributed by atoms with E-state index in [0.29, 0.717) is 11.3 Å². The van der Waals surface area contributed by atoms with Crippen molar-refractivity contribution in [3.8, 4) is 5.75 Å². The van der Waals surface area contributed by atoms with Gasteiger partial charge in [0.15, 0.2) is 6.61 Å². The summed E-state index contributed by atoms with van der Waals surface area (Å²) in [5.74, 6) is -2.25. The lowest BCUT2D eigenvalue weighted by Gasteiger charge is -2.10. The molecule has 8 nitrogen and oxygen atoms in total. The Morgan fingerprint density at radius 3 is 2.47 bits per heavy atom. The second-order valence-corrected chi connectivity index (χ2v) is 7.08. The van der Waals surface area contributed by atoms with Gasteiger partial charge in [0.2, 0.25) is 0 Å². The number of aryl methyl sites for hydroxylation is 1. The van der Waals surface area contributed by atoms with Gasteiger partial charge in [0.1, 0.15) is 11.6 Å². The van der Waals surface area contributed by atoms with Crippen LogP contribution in [0.25, 0.3) is 0 Å². The molecule has 0 fully saturated rings. The highest BCUT2D eigenvalue weighted by Gasteiger charge is 2.13. The maximum absolute atomic E-state index is 12.9. The number of carbonyl (C=O) groups excluding carboxylic acids is 3. The first-order chi connectivity index (χ1) is 16.4. The summed E-state index contributed by atoms with van der Waals surface area (Å²) in [6, 6.07) is 19.2. The fourth-order valence-electron chi connectivity index (χ4n) is 2.91. The first-order valence-corrected chi connectivity index (χ1v) is 10.4. The molecule has 0 aliphatic carbocycles. The van der Waals surface area contributed by atoms with E-state index in [-0.39, 0.29) is 18.2 Å². The Labute approximate surface area is 195 Å². The van der Waals surface area contributed by atoms with Gasteiger partial charge in [0.05, 0.1) is 6.21 Å². The summed E-state index contributed by atoms with van der Waals surface area (Å²) < 4.78 is 18.4. The summed E-state index contributed by atoms with van der Waals surface area (Å²) >= 11 is 0. The van der Waals surface area contributed by atoms with Gasteiger partial charge in [-0.15, -0.1) is 0 Å². The molecule has 0 heterocycles. The number of hydrogen-bond donors (Lipinski definition) is 3. The predicted molar refractivity (Wildman–Crippen MR) is 127 cm³/mol. The molecule has 0 saturated heterocycles. The number of amides is 3. The lowest BCUT2D eigenvalue weighted by molar-refractivity contribution is -0.136. The number of para-hydroxylation sites is 1. The van der Waals surface area contributed by atoms with Crippen LogP contribution in [0, 0.1) is 5.82 Å². The van der Waals surface area contributed by atoms with Crippen molar-refractivity contribution in [3.05, 3.63) is 89.7 Å². The average Bonchev–Trinajstić information content (AvgIpc) is 2.84. The smallest absolute Gasteiger partial charge is 0.329 e. The number of carbonyl (C=O) groups is 3. The third-order valence-electron chi connectivity index (χ3n) is 4.59. The van der Waals surface area contributed by atoms with E-state index >= 15 is 0 Å². The maximum Gasteiger partial charge on any atom is 0.329 e. The Kier molecular flexibility index (Phi) is 8.45. The minimum Gasteiger partial charge on any atom is -0.484 e. The molecule has 0 atom stereocenters. The molecule has 3 aromatic rings. The van der Waals surface area contributed by atoms with Crippen LogP contribution in [0.15, 0.2) is 77.9 Å². The third-order valence-corrected chi connectivity index (χ3v) is 4.59. The van der Waals surface area contributed by atoms with E-state index in [1.807, 2.05) is 31.2 Å². The Morgan fingerprint density at radius 1 is 0.941 bits per heavy atom. The predicted octanol–water partition coefficient (Wildman–Crippen LogP) is 3.49. The van der Waals surface area contributed by atoms with Crippen molar-refractivity contribution in [1.29, 1.82) is 0 Å². The maximum atomic E-state index is 12.9. The van der Waals surface area contributed by atoms with Crippen LogP contribution in [0.3, 0.4) is 0 Å². The highest BCUT2D eigenvalue weighted by atomic mass is 19.1. The Hall–Kier alpha value is -4.53. The van der Waals surface area contributed by atoms with E-state index in [1.54, 1.807) is 24.3 Å². The van der Waals surface area contributed by atoms with Gasteiger partial charge < -0.3 is 15.4 Å². The Bertz CT molecular complexity index is 1200. The second kappa shape index (κ2) is 11.9. The average molecular weight is 462 g/mol. The molecule has 3 rings (SSSR count). The molecule has 0 saturated carbocycles. The fourth-order valence-corrected chi connectivity index (χ4v) is 2.91. The van der Waals surface area contributed by atoms with Crippen molar-refractivity contribution >= 4 is 35.3 Å². The molecule has 3 amide bonds. The molecule has 0 aliphatic rings. The van der Waals surface area contributed by atoms with Gasteiger partial charge in [0.25, 0.3) is 5.91 Å². The zero-order valence-electron chi connectivity index (χ0n) is 18.4. The second-order valence-electron chi connectivity index (χ2n) is 7.08. The zero-order valence-corrected chi connectivity index (χ0v) is 18.4. The number of hydrazone groups is 1. The fraction of sp³-hybridized carbons (Fsp3) is 0.120. The quantitative estimate of drug-likeness (QED) is 0.270. The topological polar surface area (TPSA) is 109 Å². The molecule has 0 bridgehead atoms. The number of nitrogens with zero attached hydrogens (tertiary/aromatic N) is 1. The van der Waals surface area contributed by atoms with Crippen LogP contribution in [0.1, 0.15) is 18.1 Å². The van der Waals surface area contributed by atoms with Crippen molar-refractivity contribution in [2.45, 2.75) is 13.3 Å². The van der Waals surface area contributed by atoms with Crippen molar-refractivity contribution < 1.29 is 23.5 Å². The van der Waals surface area contributed by atoms with Crippen LogP contribution >= 0.6 is 0 Å². The summed E-state index contributed by atoms with van der Waals surface area (Å²) in [5, 5.41) is 8.91. The van der Waals surface area contributed by atoms with Gasteiger partial charge in [-0.2, -0.15) is 5.10 Å². The number of benzene rings is 3. The lowest BCUT2D eigenvalue weighted by atomic mass is 10.1. The van der Waals surface area contributed by atoms with Crippen LogP contribution in [-0.2, 0) is 20.8 Å². The van der Waals surface area contributed by atoms with E-state index in [4.69, 9.17) is 4.74 Å². The van der Waals surface area contributed by atoms with Crippen molar-refractivity contribution in [3.63, 3.8) is 0 Å². The first-order valence-electron chi connectivity index (χ1n) is 10.4. The van der Waals surface area contributed by atoms with Crippen LogP contribution in [0.2, 0.25) is 0 Å². The molecule has 3 N–H and O–H groups in total. The minimum absolute atomic E-state index is 0.182. The zero-order chi connectivity index (χ0) is 24.3. The number of anilines is 2. The standard InChI is InChI=1S/C25H23FN4O4/c1-2-18-7-3-4-9-22(18)29-23(31)16-34-21-8-5-6-17(14-21)15-27-30-25(33)24(32)28-20-12-10-19(26)11-13-20/h3-15H,2,16H2,1H3,(H,28,32)(H,29,31)(H,30,33)/b27-15-. The number of nitrogens with one attached hydrogen (secondary N) is 3. The lowest BCUT2D eigenvalue weighted by Crippen LogP contribution is -2.32. The van der Waals surface area contributed by atoms with Gasteiger partial charge >= 0.3 is 11.8 Å². The van der Waals surface area contributed by atoms with Crippen LogP contribution in [0.5, 0.6) is 5.75 Å². The van der Waals surface area contributed by atoms with E-state index < -0.39 is 17.6 Å². The third kappa shape index (κ3) is 7.27. The molecule has 174 valence electrons. The number of halogens is 1. The summed E-state index contributed by atoms with van der Waals surface area (Å²) in [7, 11) is 0. The first kappa shape index (κ1) is 24.1. The van der Waals surface area contributed by atoms with Gasteiger partial charge in [-0.1, -0.05) is 37.3 Å². The molecule has 0 aromatic heterocycles. The van der Waals surface area contributed by atoms with E-state index in [1.165, 1.54) is 18.3 Å². The molecular formula is C25H23FN4O4. The van der Waals surface area contributed by atoms with Gasteiger partial charge in [-0.3, -0.25) is 14.4 Å². The van der Waals surface area contributed by atoms with Crippen molar-refractivity contribution in [2.75, 3.05) is 17.2 Å². The van der Waals surface area contributed by atoms with E-state index in [0.717, 1.165) is 29.8 Å². The molecular weight excluding hydrogens is 439 g/mol. The highest BCUT2D eigenvalue weighted by molar-refractivity contribution is 6.39.